The van der Waals surface area contributed by atoms with Crippen LogP contribution in [0.2, 0.25) is 0 Å². The van der Waals surface area contributed by atoms with E-state index < -0.39 is 10.0 Å². The predicted molar refractivity (Wildman–Crippen MR) is 118 cm³/mol. The molecule has 2 saturated heterocycles. The highest BCUT2D eigenvalue weighted by Gasteiger charge is 2.48. The van der Waals surface area contributed by atoms with Gasteiger partial charge in [-0.25, -0.2) is 8.42 Å². The molecule has 1 saturated carbocycles. The summed E-state index contributed by atoms with van der Waals surface area (Å²) in [6, 6.07) is 5.27. The van der Waals surface area contributed by atoms with Gasteiger partial charge in [0, 0.05) is 26.2 Å². The maximum Gasteiger partial charge on any atom is 0.243 e. The van der Waals surface area contributed by atoms with Gasteiger partial charge < -0.3 is 4.90 Å². The van der Waals surface area contributed by atoms with Crippen molar-refractivity contribution in [3.05, 3.63) is 29.3 Å². The molecule has 1 aromatic carbocycles. The number of imide groups is 1. The van der Waals surface area contributed by atoms with Gasteiger partial charge in [0.1, 0.15) is 0 Å². The molecule has 2 amide bonds. The fraction of sp³-hybridized carbons (Fsp3) is 0.652. The smallest absolute Gasteiger partial charge is 0.243 e. The van der Waals surface area contributed by atoms with Crippen LogP contribution in [0.1, 0.15) is 50.2 Å². The van der Waals surface area contributed by atoms with Gasteiger partial charge in [0.05, 0.1) is 23.3 Å². The van der Waals surface area contributed by atoms with Crippen LogP contribution >= 0.6 is 0 Å². The predicted octanol–water partition coefficient (Wildman–Crippen LogP) is 2.39. The van der Waals surface area contributed by atoms with Crippen LogP contribution < -0.4 is 0 Å². The van der Waals surface area contributed by atoms with Gasteiger partial charge in [0.15, 0.2) is 0 Å². The minimum atomic E-state index is -3.62. The van der Waals surface area contributed by atoms with Crippen molar-refractivity contribution in [3.8, 4) is 0 Å². The lowest BCUT2D eigenvalue weighted by Crippen LogP contribution is -2.48. The van der Waals surface area contributed by atoms with Crippen LogP contribution in [0.3, 0.4) is 0 Å². The molecule has 1 aliphatic carbocycles. The van der Waals surface area contributed by atoms with Gasteiger partial charge in [-0.3, -0.25) is 14.5 Å². The molecule has 0 radical (unpaired) electrons. The van der Waals surface area contributed by atoms with Crippen LogP contribution in [0.4, 0.5) is 0 Å². The molecule has 0 aromatic heterocycles. The molecule has 2 aliphatic heterocycles. The van der Waals surface area contributed by atoms with E-state index in [1.54, 1.807) is 23.4 Å². The van der Waals surface area contributed by atoms with E-state index in [0.717, 1.165) is 51.7 Å². The molecule has 0 spiro atoms. The van der Waals surface area contributed by atoms with Crippen molar-refractivity contribution in [1.82, 2.24) is 14.1 Å². The Bertz CT molecular complexity index is 930. The SMILES string of the molecule is CCCN1CCN(S(=O)(=O)c2cc(CN3C(=O)C4CCCCC4C3=O)ccc2C)CC1. The Kier molecular flexibility index (Phi) is 6.51. The van der Waals surface area contributed by atoms with Gasteiger partial charge in [-0.15, -0.1) is 0 Å². The lowest BCUT2D eigenvalue weighted by molar-refractivity contribution is -0.140. The minimum absolute atomic E-state index is 0.0910. The highest BCUT2D eigenvalue weighted by molar-refractivity contribution is 7.89. The number of carbonyl (C=O) groups excluding carboxylic acids is 2. The highest BCUT2D eigenvalue weighted by atomic mass is 32.2. The van der Waals surface area contributed by atoms with Gasteiger partial charge in [0.25, 0.3) is 0 Å². The number of carbonyl (C=O) groups is 2. The average Bonchev–Trinajstić information content (AvgIpc) is 3.00. The molecule has 2 heterocycles. The normalized spacial score (nSPS) is 25.8. The molecule has 0 bridgehead atoms. The van der Waals surface area contributed by atoms with E-state index >= 15 is 0 Å². The quantitative estimate of drug-likeness (QED) is 0.626. The molecule has 3 aliphatic rings. The van der Waals surface area contributed by atoms with Crippen LogP contribution in [-0.4, -0.2) is 67.1 Å². The fourth-order valence-electron chi connectivity index (χ4n) is 5.24. The average molecular weight is 448 g/mol. The molecule has 31 heavy (non-hydrogen) atoms. The number of amides is 2. The van der Waals surface area contributed by atoms with Crippen LogP contribution in [0.25, 0.3) is 0 Å². The summed E-state index contributed by atoms with van der Waals surface area (Å²) >= 11 is 0. The first-order chi connectivity index (χ1) is 14.8. The van der Waals surface area contributed by atoms with Crippen molar-refractivity contribution >= 4 is 21.8 Å². The Morgan fingerprint density at radius 3 is 2.16 bits per heavy atom. The third-order valence-corrected chi connectivity index (χ3v) is 9.06. The van der Waals surface area contributed by atoms with Crippen LogP contribution in [0, 0.1) is 18.8 Å². The van der Waals surface area contributed by atoms with Gasteiger partial charge >= 0.3 is 0 Å². The van der Waals surface area contributed by atoms with Gasteiger partial charge in [-0.2, -0.15) is 4.31 Å². The number of nitrogens with zero attached hydrogens (tertiary/aromatic N) is 3. The van der Waals surface area contributed by atoms with E-state index in [9.17, 15) is 18.0 Å². The molecular weight excluding hydrogens is 414 g/mol. The zero-order valence-corrected chi connectivity index (χ0v) is 19.4. The van der Waals surface area contributed by atoms with Crippen molar-refractivity contribution in [2.75, 3.05) is 32.7 Å². The largest absolute Gasteiger partial charge is 0.301 e. The topological polar surface area (TPSA) is 78.0 Å². The van der Waals surface area contributed by atoms with Crippen molar-refractivity contribution in [2.45, 2.75) is 57.4 Å². The molecule has 7 nitrogen and oxygen atoms in total. The summed E-state index contributed by atoms with van der Waals surface area (Å²) in [4.78, 5) is 29.5. The molecule has 1 aromatic rings. The lowest BCUT2D eigenvalue weighted by atomic mass is 9.81. The van der Waals surface area contributed by atoms with Gasteiger partial charge in [-0.05, 0) is 49.9 Å². The summed E-state index contributed by atoms with van der Waals surface area (Å²) in [5.41, 5.74) is 1.38. The first-order valence-electron chi connectivity index (χ1n) is 11.5. The first kappa shape index (κ1) is 22.4. The maximum absolute atomic E-state index is 13.4. The maximum atomic E-state index is 13.4. The Hall–Kier alpha value is -1.77. The summed E-state index contributed by atoms with van der Waals surface area (Å²) < 4.78 is 28.3. The summed E-state index contributed by atoms with van der Waals surface area (Å²) in [7, 11) is -3.62. The number of aryl methyl sites for hydroxylation is 1. The number of rotatable bonds is 6. The number of piperazine rings is 1. The molecule has 2 unspecified atom stereocenters. The van der Waals surface area contributed by atoms with Crippen LogP contribution in [-0.2, 0) is 26.2 Å². The van der Waals surface area contributed by atoms with Gasteiger partial charge in [0.2, 0.25) is 21.8 Å². The zero-order chi connectivity index (χ0) is 22.2. The summed E-state index contributed by atoms with van der Waals surface area (Å²) in [5, 5.41) is 0. The number of benzene rings is 1. The zero-order valence-electron chi connectivity index (χ0n) is 18.5. The van der Waals surface area contributed by atoms with Crippen LogP contribution in [0.15, 0.2) is 23.1 Å². The molecule has 4 rings (SSSR count). The van der Waals surface area contributed by atoms with Crippen molar-refractivity contribution in [2.24, 2.45) is 11.8 Å². The monoisotopic (exact) mass is 447 g/mol. The second-order valence-corrected chi connectivity index (χ2v) is 11.0. The van der Waals surface area contributed by atoms with E-state index in [0.29, 0.717) is 24.2 Å². The Balaban J connectivity index is 1.52. The molecule has 2 atom stereocenters. The van der Waals surface area contributed by atoms with Crippen LogP contribution in [0.5, 0.6) is 0 Å². The molecular formula is C23H33N3O4S. The number of sulfonamides is 1. The Labute approximate surface area is 185 Å². The number of hydrogen-bond acceptors (Lipinski definition) is 5. The number of fused-ring (bicyclic) bond motifs is 1. The fourth-order valence-corrected chi connectivity index (χ4v) is 6.94. The third-order valence-electron chi connectivity index (χ3n) is 7.01. The first-order valence-corrected chi connectivity index (χ1v) is 12.9. The molecule has 0 N–H and O–H groups in total. The Morgan fingerprint density at radius 1 is 0.968 bits per heavy atom. The summed E-state index contributed by atoms with van der Waals surface area (Å²) in [6.45, 7) is 7.52. The second kappa shape index (κ2) is 9.00. The Morgan fingerprint density at radius 2 is 1.58 bits per heavy atom. The number of hydrogen-bond donors (Lipinski definition) is 0. The van der Waals surface area contributed by atoms with E-state index in [4.69, 9.17) is 0 Å². The van der Waals surface area contributed by atoms with E-state index in [1.807, 2.05) is 6.07 Å². The minimum Gasteiger partial charge on any atom is -0.301 e. The van der Waals surface area contributed by atoms with E-state index in [1.165, 1.54) is 4.90 Å². The standard InChI is InChI=1S/C23H33N3O4S/c1-3-10-24-11-13-25(14-12-24)31(29,30)21-15-18(9-8-17(21)2)16-26-22(27)19-6-4-5-7-20(19)23(26)28/h8-9,15,19-20H,3-7,10-14,16H2,1-2H3. The van der Waals surface area contributed by atoms with Crippen molar-refractivity contribution < 1.29 is 18.0 Å². The molecule has 170 valence electrons. The lowest BCUT2D eigenvalue weighted by Gasteiger charge is -2.34. The molecule has 3 fully saturated rings. The van der Waals surface area contributed by atoms with Crippen molar-refractivity contribution in [3.63, 3.8) is 0 Å². The number of likely N-dealkylation sites (tertiary alicyclic amines) is 1. The second-order valence-electron chi connectivity index (χ2n) is 9.11. The van der Waals surface area contributed by atoms with E-state index in [-0.39, 0.29) is 35.1 Å². The van der Waals surface area contributed by atoms with Gasteiger partial charge in [-0.1, -0.05) is 31.9 Å². The molecule has 8 heteroatoms. The summed E-state index contributed by atoms with van der Waals surface area (Å²) in [6.07, 6.45) is 4.61. The van der Waals surface area contributed by atoms with E-state index in [2.05, 4.69) is 11.8 Å². The van der Waals surface area contributed by atoms with Crippen molar-refractivity contribution in [1.29, 1.82) is 0 Å². The summed E-state index contributed by atoms with van der Waals surface area (Å²) in [5.74, 6) is -0.554. The third kappa shape index (κ3) is 4.30. The highest BCUT2D eigenvalue weighted by Crippen LogP contribution is 2.38.